The fourth-order valence-corrected chi connectivity index (χ4v) is 1.64. The van der Waals surface area contributed by atoms with Gasteiger partial charge in [0.1, 0.15) is 6.61 Å². The predicted molar refractivity (Wildman–Crippen MR) is 76.6 cm³/mol. The highest BCUT2D eigenvalue weighted by atomic mass is 16.6. The largest absolute Gasteiger partial charge is 0.391 e. The van der Waals surface area contributed by atoms with Crippen molar-refractivity contribution in [3.05, 3.63) is 75.3 Å². The molecule has 2 rings (SSSR count). The van der Waals surface area contributed by atoms with Crippen molar-refractivity contribution in [2.24, 2.45) is 5.16 Å². The first kappa shape index (κ1) is 14.2. The van der Waals surface area contributed by atoms with Gasteiger partial charge in [-0.25, -0.2) is 0 Å². The van der Waals surface area contributed by atoms with Crippen LogP contribution in [0.2, 0.25) is 0 Å². The lowest BCUT2D eigenvalue weighted by molar-refractivity contribution is -0.384. The molecule has 0 fully saturated rings. The number of nitriles is 1. The molecule has 21 heavy (non-hydrogen) atoms. The molecule has 0 aliphatic rings. The van der Waals surface area contributed by atoms with Gasteiger partial charge in [0, 0.05) is 17.7 Å². The van der Waals surface area contributed by atoms with E-state index in [0.717, 1.165) is 5.56 Å². The lowest BCUT2D eigenvalue weighted by Gasteiger charge is -2.01. The number of nitro groups is 1. The second-order valence-electron chi connectivity index (χ2n) is 4.13. The van der Waals surface area contributed by atoms with Crippen LogP contribution in [0, 0.1) is 21.4 Å². The third kappa shape index (κ3) is 3.88. The molecule has 0 bridgehead atoms. The Balaban J connectivity index is 1.94. The van der Waals surface area contributed by atoms with Gasteiger partial charge in [-0.1, -0.05) is 23.4 Å². The second kappa shape index (κ2) is 6.82. The van der Waals surface area contributed by atoms with E-state index in [9.17, 15) is 10.1 Å². The zero-order chi connectivity index (χ0) is 15.1. The summed E-state index contributed by atoms with van der Waals surface area (Å²) in [5.74, 6) is 0. The van der Waals surface area contributed by atoms with Crippen molar-refractivity contribution in [2.75, 3.05) is 0 Å². The summed E-state index contributed by atoms with van der Waals surface area (Å²) in [6, 6.07) is 15.1. The van der Waals surface area contributed by atoms with E-state index >= 15 is 0 Å². The summed E-state index contributed by atoms with van der Waals surface area (Å²) in [7, 11) is 0. The van der Waals surface area contributed by atoms with Gasteiger partial charge in [0.05, 0.1) is 22.8 Å². The second-order valence-corrected chi connectivity index (χ2v) is 4.13. The molecular formula is C15H11N3O3. The Morgan fingerprint density at radius 1 is 1.24 bits per heavy atom. The summed E-state index contributed by atoms with van der Waals surface area (Å²) in [5, 5.41) is 23.2. The number of nitrogens with zero attached hydrogens (tertiary/aromatic N) is 3. The van der Waals surface area contributed by atoms with E-state index in [2.05, 4.69) is 11.2 Å². The fourth-order valence-electron chi connectivity index (χ4n) is 1.64. The Hall–Kier alpha value is -3.20. The number of rotatable bonds is 5. The van der Waals surface area contributed by atoms with Crippen molar-refractivity contribution < 1.29 is 9.76 Å². The van der Waals surface area contributed by atoms with E-state index in [1.165, 1.54) is 18.3 Å². The Labute approximate surface area is 121 Å². The van der Waals surface area contributed by atoms with Crippen molar-refractivity contribution in [3.63, 3.8) is 0 Å². The molecule has 0 amide bonds. The van der Waals surface area contributed by atoms with Crippen LogP contribution in [0.1, 0.15) is 16.7 Å². The van der Waals surface area contributed by atoms with Crippen LogP contribution in [0.15, 0.2) is 53.7 Å². The summed E-state index contributed by atoms with van der Waals surface area (Å²) < 4.78 is 0. The molecule has 104 valence electrons. The molecule has 0 aliphatic heterocycles. The minimum absolute atomic E-state index is 0.0241. The molecule has 0 unspecified atom stereocenters. The number of nitro benzene ring substituents is 1. The number of hydrogen-bond donors (Lipinski definition) is 0. The average Bonchev–Trinajstić information content (AvgIpc) is 2.52. The van der Waals surface area contributed by atoms with Crippen LogP contribution in [0.25, 0.3) is 0 Å². The van der Waals surface area contributed by atoms with Gasteiger partial charge in [0.25, 0.3) is 5.69 Å². The van der Waals surface area contributed by atoms with E-state index in [1.54, 1.807) is 30.3 Å². The highest BCUT2D eigenvalue weighted by Gasteiger charge is 2.03. The van der Waals surface area contributed by atoms with Crippen LogP contribution in [-0.4, -0.2) is 11.1 Å². The normalized spacial score (nSPS) is 10.2. The quantitative estimate of drug-likeness (QED) is 0.478. The molecule has 0 N–H and O–H groups in total. The molecule has 0 atom stereocenters. The number of benzene rings is 2. The van der Waals surface area contributed by atoms with Crippen molar-refractivity contribution in [2.45, 2.75) is 6.61 Å². The molecule has 0 aromatic heterocycles. The van der Waals surface area contributed by atoms with E-state index in [4.69, 9.17) is 10.1 Å². The van der Waals surface area contributed by atoms with Crippen LogP contribution >= 0.6 is 0 Å². The topological polar surface area (TPSA) is 88.5 Å². The molecule has 0 saturated heterocycles. The Kier molecular flexibility index (Phi) is 4.62. The van der Waals surface area contributed by atoms with Gasteiger partial charge in [-0.05, 0) is 23.8 Å². The van der Waals surface area contributed by atoms with E-state index in [0.29, 0.717) is 11.1 Å². The summed E-state index contributed by atoms with van der Waals surface area (Å²) in [5.41, 5.74) is 2.01. The first-order valence-corrected chi connectivity index (χ1v) is 6.08. The van der Waals surface area contributed by atoms with Gasteiger partial charge in [-0.15, -0.1) is 0 Å². The van der Waals surface area contributed by atoms with Crippen LogP contribution in [0.4, 0.5) is 5.69 Å². The van der Waals surface area contributed by atoms with Crippen molar-refractivity contribution in [1.29, 1.82) is 5.26 Å². The lowest BCUT2D eigenvalue weighted by Crippen LogP contribution is -1.92. The molecule has 0 spiro atoms. The Morgan fingerprint density at radius 3 is 2.62 bits per heavy atom. The number of non-ortho nitro benzene ring substituents is 1. The fraction of sp³-hybridized carbons (Fsp3) is 0.0667. The maximum atomic E-state index is 10.5. The minimum Gasteiger partial charge on any atom is -0.391 e. The number of oxime groups is 1. The van der Waals surface area contributed by atoms with Gasteiger partial charge in [0.15, 0.2) is 0 Å². The Morgan fingerprint density at radius 2 is 1.95 bits per heavy atom. The average molecular weight is 281 g/mol. The molecule has 2 aromatic carbocycles. The highest BCUT2D eigenvalue weighted by molar-refractivity contribution is 5.79. The molecule has 0 radical (unpaired) electrons. The summed E-state index contributed by atoms with van der Waals surface area (Å²) >= 11 is 0. The predicted octanol–water partition coefficient (Wildman–Crippen LogP) is 3.02. The molecule has 6 heteroatoms. The van der Waals surface area contributed by atoms with E-state index in [1.807, 2.05) is 6.07 Å². The van der Waals surface area contributed by atoms with E-state index < -0.39 is 4.92 Å². The smallest absolute Gasteiger partial charge is 0.269 e. The van der Waals surface area contributed by atoms with Crippen molar-refractivity contribution in [1.82, 2.24) is 0 Å². The molecule has 6 nitrogen and oxygen atoms in total. The monoisotopic (exact) mass is 281 g/mol. The van der Waals surface area contributed by atoms with Gasteiger partial charge in [-0.2, -0.15) is 5.26 Å². The number of hydrogen-bond acceptors (Lipinski definition) is 5. The Bertz CT molecular complexity index is 703. The molecular weight excluding hydrogens is 270 g/mol. The zero-order valence-corrected chi connectivity index (χ0v) is 11.0. The summed E-state index contributed by atoms with van der Waals surface area (Å²) in [6.45, 7) is 0.188. The lowest BCUT2D eigenvalue weighted by atomic mass is 10.1. The first-order chi connectivity index (χ1) is 10.2. The third-order valence-corrected chi connectivity index (χ3v) is 2.74. The maximum Gasteiger partial charge on any atom is 0.269 e. The minimum atomic E-state index is -0.462. The van der Waals surface area contributed by atoms with Crippen LogP contribution in [-0.2, 0) is 11.4 Å². The standard InChI is InChI=1S/C15H11N3O3/c16-9-13-3-1-2-4-14(13)11-21-17-10-12-5-7-15(8-6-12)18(19)20/h1-8,10H,11H2/b17-10-. The summed E-state index contributed by atoms with van der Waals surface area (Å²) in [6.07, 6.45) is 1.46. The maximum absolute atomic E-state index is 10.5. The SMILES string of the molecule is N#Cc1ccccc1CO/N=C\c1ccc([N+](=O)[O-])cc1. The van der Waals surface area contributed by atoms with Crippen molar-refractivity contribution >= 4 is 11.9 Å². The van der Waals surface area contributed by atoms with Crippen LogP contribution in [0.5, 0.6) is 0 Å². The summed E-state index contributed by atoms with van der Waals surface area (Å²) in [4.78, 5) is 15.2. The van der Waals surface area contributed by atoms with Crippen molar-refractivity contribution in [3.8, 4) is 6.07 Å². The molecule has 0 aliphatic carbocycles. The highest BCUT2D eigenvalue weighted by Crippen LogP contribution is 2.11. The van der Waals surface area contributed by atoms with Crippen LogP contribution in [0.3, 0.4) is 0 Å². The first-order valence-electron chi connectivity index (χ1n) is 6.08. The zero-order valence-electron chi connectivity index (χ0n) is 11.0. The van der Waals surface area contributed by atoms with Gasteiger partial charge < -0.3 is 4.84 Å². The molecule has 2 aromatic rings. The van der Waals surface area contributed by atoms with Gasteiger partial charge >= 0.3 is 0 Å². The third-order valence-electron chi connectivity index (χ3n) is 2.74. The van der Waals surface area contributed by atoms with Crippen LogP contribution < -0.4 is 0 Å². The molecule has 0 saturated carbocycles. The molecule has 0 heterocycles. The van der Waals surface area contributed by atoms with Gasteiger partial charge in [-0.3, -0.25) is 10.1 Å². The van der Waals surface area contributed by atoms with E-state index in [-0.39, 0.29) is 12.3 Å². The van der Waals surface area contributed by atoms with Gasteiger partial charge in [0.2, 0.25) is 0 Å².